The monoisotopic (exact) mass is 310 g/mol. The molecule has 0 unspecified atom stereocenters. The molecule has 0 spiro atoms. The second-order valence-electron chi connectivity index (χ2n) is 4.50. The number of benzene rings is 1. The van der Waals surface area contributed by atoms with Crippen LogP contribution in [0.15, 0.2) is 66.2 Å². The topological polar surface area (TPSA) is 59.8 Å². The lowest BCUT2D eigenvalue weighted by Crippen LogP contribution is -2.16. The minimum Gasteiger partial charge on any atom is -0.319 e. The molecule has 110 valence electrons. The second kappa shape index (κ2) is 6.44. The predicted molar refractivity (Wildman–Crippen MR) is 87.5 cm³/mol. The largest absolute Gasteiger partial charge is 0.319 e. The van der Waals surface area contributed by atoms with Crippen LogP contribution in [0.3, 0.4) is 0 Å². The zero-order valence-corrected chi connectivity index (χ0v) is 12.7. The molecule has 0 atom stereocenters. The minimum absolute atomic E-state index is 0.218. The Morgan fingerprint density at radius 2 is 1.95 bits per heavy atom. The standard InChI is InChI=1S/C16H14N4OS/c1-22-16-18-11-14(20(16)13-7-3-2-4-8-13)15(21)19-12-6-5-9-17-10-12/h2-11H,1H3,(H,19,21). The third-order valence-electron chi connectivity index (χ3n) is 3.08. The number of imidazole rings is 1. The van der Waals surface area contributed by atoms with E-state index in [9.17, 15) is 4.79 Å². The molecule has 1 N–H and O–H groups in total. The van der Waals surface area contributed by atoms with Gasteiger partial charge in [-0.05, 0) is 30.5 Å². The van der Waals surface area contributed by atoms with E-state index in [4.69, 9.17) is 0 Å². The molecule has 0 saturated carbocycles. The van der Waals surface area contributed by atoms with Crippen molar-refractivity contribution in [1.82, 2.24) is 14.5 Å². The van der Waals surface area contributed by atoms with Gasteiger partial charge in [0.15, 0.2) is 5.16 Å². The highest BCUT2D eigenvalue weighted by atomic mass is 32.2. The Hall–Kier alpha value is -2.60. The molecule has 0 saturated heterocycles. The molecule has 0 radical (unpaired) electrons. The number of para-hydroxylation sites is 1. The number of carbonyl (C=O) groups is 1. The van der Waals surface area contributed by atoms with Gasteiger partial charge in [-0.15, -0.1) is 0 Å². The lowest BCUT2D eigenvalue weighted by atomic mass is 10.3. The van der Waals surface area contributed by atoms with Crippen LogP contribution in [0.5, 0.6) is 0 Å². The maximum absolute atomic E-state index is 12.5. The van der Waals surface area contributed by atoms with Crippen LogP contribution >= 0.6 is 11.8 Å². The van der Waals surface area contributed by atoms with Gasteiger partial charge in [-0.3, -0.25) is 14.3 Å². The Kier molecular flexibility index (Phi) is 4.20. The molecular formula is C16H14N4OS. The molecule has 1 amide bonds. The van der Waals surface area contributed by atoms with Crippen LogP contribution in [-0.2, 0) is 0 Å². The number of nitrogens with zero attached hydrogens (tertiary/aromatic N) is 3. The van der Waals surface area contributed by atoms with Crippen LogP contribution in [0.25, 0.3) is 5.69 Å². The summed E-state index contributed by atoms with van der Waals surface area (Å²) in [5.74, 6) is -0.218. The number of anilines is 1. The minimum atomic E-state index is -0.218. The molecule has 2 heterocycles. The van der Waals surface area contributed by atoms with E-state index in [1.165, 1.54) is 11.8 Å². The molecule has 0 aliphatic rings. The quantitative estimate of drug-likeness (QED) is 0.752. The van der Waals surface area contributed by atoms with E-state index in [0.717, 1.165) is 10.8 Å². The fourth-order valence-electron chi connectivity index (χ4n) is 2.10. The van der Waals surface area contributed by atoms with Crippen LogP contribution in [-0.4, -0.2) is 26.7 Å². The van der Waals surface area contributed by atoms with Gasteiger partial charge in [0, 0.05) is 11.9 Å². The molecule has 22 heavy (non-hydrogen) atoms. The SMILES string of the molecule is CSc1ncc(C(=O)Nc2cccnc2)n1-c1ccccc1. The molecule has 0 bridgehead atoms. The van der Waals surface area contributed by atoms with Crippen molar-refractivity contribution in [3.05, 3.63) is 66.7 Å². The maximum Gasteiger partial charge on any atom is 0.274 e. The molecule has 3 aromatic rings. The van der Waals surface area contributed by atoms with Gasteiger partial charge in [0.05, 0.1) is 18.1 Å². The molecule has 5 nitrogen and oxygen atoms in total. The number of rotatable bonds is 4. The van der Waals surface area contributed by atoms with Crippen molar-refractivity contribution in [1.29, 1.82) is 0 Å². The number of nitrogens with one attached hydrogen (secondary N) is 1. The van der Waals surface area contributed by atoms with Crippen LogP contribution in [0.1, 0.15) is 10.5 Å². The van der Waals surface area contributed by atoms with Gasteiger partial charge in [-0.2, -0.15) is 0 Å². The average molecular weight is 310 g/mol. The number of amides is 1. The Balaban J connectivity index is 1.97. The maximum atomic E-state index is 12.5. The lowest BCUT2D eigenvalue weighted by molar-refractivity contribution is 0.102. The first-order valence-electron chi connectivity index (χ1n) is 6.68. The van der Waals surface area contributed by atoms with Gasteiger partial charge < -0.3 is 5.32 Å². The number of hydrogen-bond donors (Lipinski definition) is 1. The molecule has 0 aliphatic heterocycles. The van der Waals surface area contributed by atoms with Gasteiger partial charge in [0.1, 0.15) is 5.69 Å². The first-order chi connectivity index (χ1) is 10.8. The lowest BCUT2D eigenvalue weighted by Gasteiger charge is -2.11. The second-order valence-corrected chi connectivity index (χ2v) is 5.27. The summed E-state index contributed by atoms with van der Waals surface area (Å²) in [7, 11) is 0. The highest BCUT2D eigenvalue weighted by Gasteiger charge is 2.17. The third kappa shape index (κ3) is 2.87. The fraction of sp³-hybridized carbons (Fsp3) is 0.0625. The number of hydrogen-bond acceptors (Lipinski definition) is 4. The highest BCUT2D eigenvalue weighted by Crippen LogP contribution is 2.22. The van der Waals surface area contributed by atoms with E-state index in [-0.39, 0.29) is 5.91 Å². The first kappa shape index (κ1) is 14.3. The molecule has 1 aromatic carbocycles. The number of carbonyl (C=O) groups excluding carboxylic acids is 1. The smallest absolute Gasteiger partial charge is 0.274 e. The molecule has 0 fully saturated rings. The van der Waals surface area contributed by atoms with E-state index in [2.05, 4.69) is 15.3 Å². The Morgan fingerprint density at radius 1 is 1.14 bits per heavy atom. The van der Waals surface area contributed by atoms with E-state index < -0.39 is 0 Å². The fourth-order valence-corrected chi connectivity index (χ4v) is 2.64. The van der Waals surface area contributed by atoms with E-state index in [1.807, 2.05) is 41.2 Å². The van der Waals surface area contributed by atoms with Crippen molar-refractivity contribution in [2.24, 2.45) is 0 Å². The van der Waals surface area contributed by atoms with Crippen LogP contribution in [0.2, 0.25) is 0 Å². The van der Waals surface area contributed by atoms with Crippen molar-refractivity contribution < 1.29 is 4.79 Å². The summed E-state index contributed by atoms with van der Waals surface area (Å²) in [4.78, 5) is 20.8. The highest BCUT2D eigenvalue weighted by molar-refractivity contribution is 7.98. The summed E-state index contributed by atoms with van der Waals surface area (Å²) < 4.78 is 1.84. The molecule has 3 rings (SSSR count). The molecular weight excluding hydrogens is 296 g/mol. The number of aromatic nitrogens is 3. The zero-order chi connectivity index (χ0) is 15.4. The van der Waals surface area contributed by atoms with Crippen molar-refractivity contribution >= 4 is 23.4 Å². The van der Waals surface area contributed by atoms with Crippen molar-refractivity contribution in [2.75, 3.05) is 11.6 Å². The van der Waals surface area contributed by atoms with Gasteiger partial charge in [-0.25, -0.2) is 4.98 Å². The summed E-state index contributed by atoms with van der Waals surface area (Å²) >= 11 is 1.49. The van der Waals surface area contributed by atoms with Gasteiger partial charge in [0.25, 0.3) is 5.91 Å². The van der Waals surface area contributed by atoms with Crippen LogP contribution in [0, 0.1) is 0 Å². The van der Waals surface area contributed by atoms with Crippen LogP contribution < -0.4 is 5.32 Å². The normalized spacial score (nSPS) is 10.4. The number of thioether (sulfide) groups is 1. The van der Waals surface area contributed by atoms with E-state index >= 15 is 0 Å². The van der Waals surface area contributed by atoms with E-state index in [0.29, 0.717) is 11.4 Å². The summed E-state index contributed by atoms with van der Waals surface area (Å²) in [6.07, 6.45) is 6.79. The Morgan fingerprint density at radius 3 is 2.64 bits per heavy atom. The van der Waals surface area contributed by atoms with Gasteiger partial charge >= 0.3 is 0 Å². The van der Waals surface area contributed by atoms with Crippen molar-refractivity contribution in [3.8, 4) is 5.69 Å². The first-order valence-corrected chi connectivity index (χ1v) is 7.90. The Bertz CT molecular complexity index is 771. The van der Waals surface area contributed by atoms with Gasteiger partial charge in [0.2, 0.25) is 0 Å². The third-order valence-corrected chi connectivity index (χ3v) is 3.73. The predicted octanol–water partition coefficient (Wildman–Crippen LogP) is 3.24. The molecule has 0 aliphatic carbocycles. The summed E-state index contributed by atoms with van der Waals surface area (Å²) in [6.45, 7) is 0. The summed E-state index contributed by atoms with van der Waals surface area (Å²) in [5.41, 5.74) is 2.04. The molecule has 6 heteroatoms. The zero-order valence-electron chi connectivity index (χ0n) is 11.9. The van der Waals surface area contributed by atoms with Gasteiger partial charge in [-0.1, -0.05) is 30.0 Å². The summed E-state index contributed by atoms with van der Waals surface area (Å²) in [5, 5.41) is 3.60. The van der Waals surface area contributed by atoms with E-state index in [1.54, 1.807) is 30.7 Å². The van der Waals surface area contributed by atoms with Crippen LogP contribution in [0.4, 0.5) is 5.69 Å². The van der Waals surface area contributed by atoms with Crippen molar-refractivity contribution in [2.45, 2.75) is 5.16 Å². The summed E-state index contributed by atoms with van der Waals surface area (Å²) in [6, 6.07) is 13.3. The van der Waals surface area contributed by atoms with Crippen molar-refractivity contribution in [3.63, 3.8) is 0 Å². The number of pyridine rings is 1. The Labute approximate surface area is 132 Å². The average Bonchev–Trinajstić information content (AvgIpc) is 3.00. The molecule has 2 aromatic heterocycles.